The van der Waals surface area contributed by atoms with Gasteiger partial charge in [-0.15, -0.1) is 0 Å². The summed E-state index contributed by atoms with van der Waals surface area (Å²) in [6, 6.07) is 1.76. The summed E-state index contributed by atoms with van der Waals surface area (Å²) in [5, 5.41) is 3.38. The van der Waals surface area contributed by atoms with Gasteiger partial charge < -0.3 is 19.4 Å². The van der Waals surface area contributed by atoms with E-state index in [2.05, 4.69) is 10.2 Å². The molecule has 0 saturated carbocycles. The second kappa shape index (κ2) is 8.20. The maximum absolute atomic E-state index is 11.5. The summed E-state index contributed by atoms with van der Waals surface area (Å²) < 4.78 is 10.3. The number of furan rings is 1. The van der Waals surface area contributed by atoms with E-state index >= 15 is 0 Å². The summed E-state index contributed by atoms with van der Waals surface area (Å²) in [4.78, 5) is 14.0. The molecule has 1 aliphatic heterocycles. The lowest BCUT2D eigenvalue weighted by Gasteiger charge is -2.19. The number of carbonyl (C=O) groups excluding carboxylic acids is 1. The summed E-state index contributed by atoms with van der Waals surface area (Å²) in [7, 11) is 1.38. The number of esters is 1. The zero-order valence-corrected chi connectivity index (χ0v) is 13.1. The summed E-state index contributed by atoms with van der Waals surface area (Å²) in [6.45, 7) is 6.87. The topological polar surface area (TPSA) is 54.7 Å². The van der Waals surface area contributed by atoms with Crippen molar-refractivity contribution in [3.05, 3.63) is 23.2 Å². The third-order valence-electron chi connectivity index (χ3n) is 3.98. The molecule has 0 aromatic carbocycles. The van der Waals surface area contributed by atoms with E-state index in [0.717, 1.165) is 18.8 Å². The number of ether oxygens (including phenoxy) is 1. The molecule has 1 N–H and O–H groups in total. The first-order valence-corrected chi connectivity index (χ1v) is 7.81. The highest BCUT2D eigenvalue weighted by atomic mass is 16.5. The molecule has 0 bridgehead atoms. The first kappa shape index (κ1) is 16.0. The van der Waals surface area contributed by atoms with Gasteiger partial charge in [-0.3, -0.25) is 0 Å². The Kier molecular flexibility index (Phi) is 6.26. The Labute approximate surface area is 126 Å². The van der Waals surface area contributed by atoms with Crippen molar-refractivity contribution in [2.45, 2.75) is 39.2 Å². The predicted molar refractivity (Wildman–Crippen MR) is 81.4 cm³/mol. The van der Waals surface area contributed by atoms with Gasteiger partial charge in [0.05, 0.1) is 13.7 Å². The molecule has 0 spiro atoms. The maximum atomic E-state index is 11.5. The number of likely N-dealkylation sites (tertiary alicyclic amines) is 1. The van der Waals surface area contributed by atoms with E-state index < -0.39 is 0 Å². The molecule has 1 aliphatic rings. The molecule has 0 unspecified atom stereocenters. The number of carbonyl (C=O) groups is 1. The van der Waals surface area contributed by atoms with Crippen LogP contribution in [0.25, 0.3) is 0 Å². The fourth-order valence-corrected chi connectivity index (χ4v) is 2.75. The van der Waals surface area contributed by atoms with Gasteiger partial charge >= 0.3 is 5.97 Å². The van der Waals surface area contributed by atoms with Crippen molar-refractivity contribution in [2.75, 3.05) is 33.3 Å². The van der Waals surface area contributed by atoms with Crippen LogP contribution in [0, 0.1) is 6.92 Å². The quantitative estimate of drug-likeness (QED) is 0.644. The third kappa shape index (κ3) is 4.86. The normalized spacial score (nSPS) is 16.7. The molecule has 0 atom stereocenters. The highest BCUT2D eigenvalue weighted by Gasteiger charge is 2.15. The van der Waals surface area contributed by atoms with Gasteiger partial charge in [0.15, 0.2) is 0 Å². The Bertz CT molecular complexity index is 448. The molecule has 21 heavy (non-hydrogen) atoms. The highest BCUT2D eigenvalue weighted by molar-refractivity contribution is 5.90. The second-order valence-corrected chi connectivity index (χ2v) is 5.61. The van der Waals surface area contributed by atoms with Crippen LogP contribution in [0.3, 0.4) is 0 Å². The first-order chi connectivity index (χ1) is 10.2. The number of methoxy groups -OCH3 is 1. The summed E-state index contributed by atoms with van der Waals surface area (Å²) in [5.74, 6) is 1.06. The molecule has 118 valence electrons. The largest absolute Gasteiger partial charge is 0.465 e. The van der Waals surface area contributed by atoms with Crippen LogP contribution in [0.15, 0.2) is 10.5 Å². The van der Waals surface area contributed by atoms with E-state index in [1.165, 1.54) is 45.9 Å². The average molecular weight is 294 g/mol. The van der Waals surface area contributed by atoms with E-state index in [-0.39, 0.29) is 5.97 Å². The molecule has 1 saturated heterocycles. The van der Waals surface area contributed by atoms with Crippen molar-refractivity contribution in [3.63, 3.8) is 0 Å². The molecule has 2 rings (SSSR count). The van der Waals surface area contributed by atoms with Gasteiger partial charge in [0.25, 0.3) is 0 Å². The molecule has 1 fully saturated rings. The summed E-state index contributed by atoms with van der Waals surface area (Å²) in [6.07, 6.45) is 5.37. The summed E-state index contributed by atoms with van der Waals surface area (Å²) in [5.41, 5.74) is 0.516. The molecule has 1 aromatic heterocycles. The van der Waals surface area contributed by atoms with Crippen LogP contribution in [-0.2, 0) is 11.3 Å². The number of hydrogen-bond donors (Lipinski definition) is 1. The molecule has 1 aromatic rings. The van der Waals surface area contributed by atoms with Crippen molar-refractivity contribution in [1.29, 1.82) is 0 Å². The zero-order chi connectivity index (χ0) is 15.1. The fourth-order valence-electron chi connectivity index (χ4n) is 2.75. The Balaban J connectivity index is 1.72. The molecular formula is C16H26N2O3. The van der Waals surface area contributed by atoms with Crippen LogP contribution in [0.5, 0.6) is 0 Å². The van der Waals surface area contributed by atoms with Crippen LogP contribution in [0.4, 0.5) is 0 Å². The maximum Gasteiger partial charge on any atom is 0.341 e. The van der Waals surface area contributed by atoms with Crippen LogP contribution in [0.2, 0.25) is 0 Å². The van der Waals surface area contributed by atoms with Gasteiger partial charge in [-0.05, 0) is 38.9 Å². The van der Waals surface area contributed by atoms with Crippen molar-refractivity contribution < 1.29 is 13.9 Å². The Morgan fingerprint density at radius 3 is 2.71 bits per heavy atom. The molecule has 0 amide bonds. The molecular weight excluding hydrogens is 268 g/mol. The predicted octanol–water partition coefficient (Wildman–Crippen LogP) is 2.34. The third-order valence-corrected chi connectivity index (χ3v) is 3.98. The Morgan fingerprint density at radius 2 is 2.05 bits per heavy atom. The van der Waals surface area contributed by atoms with Crippen LogP contribution in [0.1, 0.15) is 47.6 Å². The van der Waals surface area contributed by atoms with E-state index in [1.54, 1.807) is 13.0 Å². The van der Waals surface area contributed by atoms with E-state index in [0.29, 0.717) is 17.9 Å². The van der Waals surface area contributed by atoms with Gasteiger partial charge in [-0.2, -0.15) is 0 Å². The van der Waals surface area contributed by atoms with Crippen molar-refractivity contribution in [2.24, 2.45) is 0 Å². The Hall–Kier alpha value is -1.33. The van der Waals surface area contributed by atoms with Crippen LogP contribution in [-0.4, -0.2) is 44.2 Å². The molecule has 0 aliphatic carbocycles. The van der Waals surface area contributed by atoms with Crippen molar-refractivity contribution in [3.8, 4) is 0 Å². The zero-order valence-electron chi connectivity index (χ0n) is 13.1. The summed E-state index contributed by atoms with van der Waals surface area (Å²) >= 11 is 0. The molecule has 0 radical (unpaired) electrons. The molecule has 5 heteroatoms. The van der Waals surface area contributed by atoms with Crippen LogP contribution < -0.4 is 5.32 Å². The molecule has 2 heterocycles. The van der Waals surface area contributed by atoms with Gasteiger partial charge in [-0.25, -0.2) is 4.79 Å². The van der Waals surface area contributed by atoms with Gasteiger partial charge in [0.1, 0.15) is 17.1 Å². The van der Waals surface area contributed by atoms with E-state index in [1.807, 2.05) is 0 Å². The van der Waals surface area contributed by atoms with Crippen LogP contribution >= 0.6 is 0 Å². The van der Waals surface area contributed by atoms with Crippen molar-refractivity contribution in [1.82, 2.24) is 10.2 Å². The lowest BCUT2D eigenvalue weighted by Crippen LogP contribution is -2.32. The number of nitrogens with one attached hydrogen (secondary N) is 1. The molecule has 5 nitrogen and oxygen atoms in total. The smallest absolute Gasteiger partial charge is 0.341 e. The number of rotatable bonds is 6. The SMILES string of the molecule is COC(=O)c1cc(CNCCN2CCCCCC2)oc1C. The number of aryl methyl sites for hydroxylation is 1. The first-order valence-electron chi connectivity index (χ1n) is 7.81. The lowest BCUT2D eigenvalue weighted by atomic mass is 10.2. The number of nitrogens with zero attached hydrogens (tertiary/aromatic N) is 1. The number of hydrogen-bond acceptors (Lipinski definition) is 5. The van der Waals surface area contributed by atoms with Gasteiger partial charge in [-0.1, -0.05) is 12.8 Å². The van der Waals surface area contributed by atoms with E-state index in [4.69, 9.17) is 9.15 Å². The minimum absolute atomic E-state index is 0.341. The minimum atomic E-state index is -0.341. The average Bonchev–Trinajstić information content (AvgIpc) is 2.69. The van der Waals surface area contributed by atoms with Gasteiger partial charge in [0, 0.05) is 13.1 Å². The Morgan fingerprint density at radius 1 is 1.33 bits per heavy atom. The second-order valence-electron chi connectivity index (χ2n) is 5.61. The van der Waals surface area contributed by atoms with E-state index in [9.17, 15) is 4.79 Å². The fraction of sp³-hybridized carbons (Fsp3) is 0.688. The standard InChI is InChI=1S/C16H26N2O3/c1-13-15(16(19)20-2)11-14(21-13)12-17-7-10-18-8-5-3-4-6-9-18/h11,17H,3-10,12H2,1-2H3. The van der Waals surface area contributed by atoms with Crippen molar-refractivity contribution >= 4 is 5.97 Å². The monoisotopic (exact) mass is 294 g/mol. The lowest BCUT2D eigenvalue weighted by molar-refractivity contribution is 0.0599. The van der Waals surface area contributed by atoms with Gasteiger partial charge in [0.2, 0.25) is 0 Å². The minimum Gasteiger partial charge on any atom is -0.465 e. The highest BCUT2D eigenvalue weighted by Crippen LogP contribution is 2.15.